The summed E-state index contributed by atoms with van der Waals surface area (Å²) in [6.45, 7) is 7.64. The molecule has 0 aliphatic carbocycles. The third kappa shape index (κ3) is 6.27. The molecule has 4 nitrogen and oxygen atoms in total. The van der Waals surface area contributed by atoms with Crippen molar-refractivity contribution < 1.29 is 9.53 Å². The van der Waals surface area contributed by atoms with E-state index in [-0.39, 0.29) is 12.0 Å². The van der Waals surface area contributed by atoms with Crippen molar-refractivity contribution in [3.63, 3.8) is 0 Å². The highest BCUT2D eigenvalue weighted by atomic mass is 16.5. The zero-order chi connectivity index (χ0) is 22.2. The standard InChI is InChI=1S/C27H32N2O2/c1-20-11-8-9-16-24(20)27(23-14-6-5-7-15-23)31-18-17-29(4)19-25(30)28-26-21(2)12-10-13-22(26)3/h5-16,27H,17-19H2,1-4H3,(H,28,30)/t27-/m0/s1. The number of amides is 1. The number of carbonyl (C=O) groups excluding carboxylic acids is 1. The van der Waals surface area contributed by atoms with E-state index in [1.807, 2.05) is 74.3 Å². The van der Waals surface area contributed by atoms with Gasteiger partial charge < -0.3 is 10.1 Å². The highest BCUT2D eigenvalue weighted by Crippen LogP contribution is 2.28. The number of carbonyl (C=O) groups is 1. The van der Waals surface area contributed by atoms with Crippen LogP contribution in [0.3, 0.4) is 0 Å². The van der Waals surface area contributed by atoms with Gasteiger partial charge in [0.25, 0.3) is 0 Å². The Labute approximate surface area is 185 Å². The lowest BCUT2D eigenvalue weighted by molar-refractivity contribution is -0.117. The average molecular weight is 417 g/mol. The number of hydrogen-bond acceptors (Lipinski definition) is 3. The number of hydrogen-bond donors (Lipinski definition) is 1. The van der Waals surface area contributed by atoms with Gasteiger partial charge in [-0.05, 0) is 55.6 Å². The molecule has 0 aliphatic rings. The molecular formula is C27H32N2O2. The van der Waals surface area contributed by atoms with Crippen LogP contribution in [0.2, 0.25) is 0 Å². The average Bonchev–Trinajstić information content (AvgIpc) is 2.75. The van der Waals surface area contributed by atoms with Crippen LogP contribution in [0, 0.1) is 20.8 Å². The molecular weight excluding hydrogens is 384 g/mol. The Kier molecular flexibility index (Phi) is 7.99. The SMILES string of the molecule is Cc1ccccc1[C@@H](OCCN(C)CC(=O)Nc1c(C)cccc1C)c1ccccc1. The topological polar surface area (TPSA) is 41.6 Å². The van der Waals surface area contributed by atoms with Crippen molar-refractivity contribution in [2.24, 2.45) is 0 Å². The maximum absolute atomic E-state index is 12.5. The quantitative estimate of drug-likeness (QED) is 0.515. The zero-order valence-electron chi connectivity index (χ0n) is 18.9. The van der Waals surface area contributed by atoms with E-state index in [1.165, 1.54) is 11.1 Å². The van der Waals surface area contributed by atoms with E-state index in [4.69, 9.17) is 4.74 Å². The molecule has 0 saturated heterocycles. The second-order valence-electron chi connectivity index (χ2n) is 8.07. The second kappa shape index (κ2) is 10.9. The van der Waals surface area contributed by atoms with E-state index in [0.717, 1.165) is 22.4 Å². The Morgan fingerprint density at radius 2 is 1.48 bits per heavy atom. The van der Waals surface area contributed by atoms with Crippen molar-refractivity contribution >= 4 is 11.6 Å². The third-order valence-electron chi connectivity index (χ3n) is 5.49. The predicted octanol–water partition coefficient (Wildman–Crippen LogP) is 5.29. The van der Waals surface area contributed by atoms with Gasteiger partial charge in [0.05, 0.1) is 13.2 Å². The lowest BCUT2D eigenvalue weighted by Gasteiger charge is -2.23. The largest absolute Gasteiger partial charge is 0.367 e. The van der Waals surface area contributed by atoms with Crippen molar-refractivity contribution in [3.05, 3.63) is 101 Å². The van der Waals surface area contributed by atoms with Crippen LogP contribution in [0.25, 0.3) is 0 Å². The summed E-state index contributed by atoms with van der Waals surface area (Å²) in [5, 5.41) is 3.05. The van der Waals surface area contributed by atoms with Crippen LogP contribution in [-0.4, -0.2) is 37.6 Å². The summed E-state index contributed by atoms with van der Waals surface area (Å²) in [5.41, 5.74) is 6.56. The van der Waals surface area contributed by atoms with Crippen LogP contribution in [-0.2, 0) is 9.53 Å². The van der Waals surface area contributed by atoms with Gasteiger partial charge in [-0.3, -0.25) is 9.69 Å². The molecule has 1 amide bonds. The molecule has 0 saturated carbocycles. The zero-order valence-corrected chi connectivity index (χ0v) is 18.9. The Morgan fingerprint density at radius 3 is 2.16 bits per heavy atom. The maximum atomic E-state index is 12.5. The molecule has 1 N–H and O–H groups in total. The number of likely N-dealkylation sites (N-methyl/N-ethyl adjacent to an activating group) is 1. The fourth-order valence-corrected chi connectivity index (χ4v) is 3.72. The fraction of sp³-hybridized carbons (Fsp3) is 0.296. The Morgan fingerprint density at radius 1 is 0.871 bits per heavy atom. The smallest absolute Gasteiger partial charge is 0.238 e. The normalized spacial score (nSPS) is 12.0. The van der Waals surface area contributed by atoms with Gasteiger partial charge in [-0.1, -0.05) is 72.8 Å². The maximum Gasteiger partial charge on any atom is 0.238 e. The van der Waals surface area contributed by atoms with E-state index >= 15 is 0 Å². The summed E-state index contributed by atoms with van der Waals surface area (Å²) >= 11 is 0. The minimum Gasteiger partial charge on any atom is -0.367 e. The van der Waals surface area contributed by atoms with Gasteiger partial charge in [-0.15, -0.1) is 0 Å². The summed E-state index contributed by atoms with van der Waals surface area (Å²) in [5.74, 6) is -0.0154. The first-order chi connectivity index (χ1) is 15.0. The number of nitrogens with one attached hydrogen (secondary N) is 1. The molecule has 0 heterocycles. The molecule has 0 aliphatic heterocycles. The third-order valence-corrected chi connectivity index (χ3v) is 5.49. The van der Waals surface area contributed by atoms with Gasteiger partial charge in [0.1, 0.15) is 6.10 Å². The van der Waals surface area contributed by atoms with Gasteiger partial charge in [-0.2, -0.15) is 0 Å². The van der Waals surface area contributed by atoms with E-state index < -0.39 is 0 Å². The highest BCUT2D eigenvalue weighted by Gasteiger charge is 2.17. The van der Waals surface area contributed by atoms with Crippen LogP contribution in [0.1, 0.15) is 33.9 Å². The molecule has 0 fully saturated rings. The van der Waals surface area contributed by atoms with Crippen LogP contribution in [0.5, 0.6) is 0 Å². The van der Waals surface area contributed by atoms with Gasteiger partial charge in [0.2, 0.25) is 5.91 Å². The summed E-state index contributed by atoms with van der Waals surface area (Å²) in [7, 11) is 1.94. The molecule has 4 heteroatoms. The predicted molar refractivity (Wildman–Crippen MR) is 127 cm³/mol. The van der Waals surface area contributed by atoms with Crippen molar-refractivity contribution in [1.82, 2.24) is 4.90 Å². The Bertz CT molecular complexity index is 981. The van der Waals surface area contributed by atoms with Crippen molar-refractivity contribution in [1.29, 1.82) is 0 Å². The van der Waals surface area contributed by atoms with Crippen molar-refractivity contribution in [3.8, 4) is 0 Å². The van der Waals surface area contributed by atoms with Gasteiger partial charge in [-0.25, -0.2) is 0 Å². The molecule has 3 aromatic carbocycles. The molecule has 3 rings (SSSR count). The van der Waals surface area contributed by atoms with E-state index in [1.54, 1.807) is 0 Å². The van der Waals surface area contributed by atoms with E-state index in [0.29, 0.717) is 19.7 Å². The number of anilines is 1. The summed E-state index contributed by atoms with van der Waals surface area (Å²) < 4.78 is 6.33. The fourth-order valence-electron chi connectivity index (χ4n) is 3.72. The Hall–Kier alpha value is -2.95. The highest BCUT2D eigenvalue weighted by molar-refractivity contribution is 5.93. The lowest BCUT2D eigenvalue weighted by atomic mass is 9.97. The van der Waals surface area contributed by atoms with E-state index in [2.05, 4.69) is 36.5 Å². The summed E-state index contributed by atoms with van der Waals surface area (Å²) in [4.78, 5) is 14.5. The summed E-state index contributed by atoms with van der Waals surface area (Å²) in [6.07, 6.45) is -0.126. The minimum absolute atomic E-state index is 0.0154. The first-order valence-corrected chi connectivity index (χ1v) is 10.7. The second-order valence-corrected chi connectivity index (χ2v) is 8.07. The van der Waals surface area contributed by atoms with Crippen molar-refractivity contribution in [2.45, 2.75) is 26.9 Å². The monoisotopic (exact) mass is 416 g/mol. The molecule has 0 spiro atoms. The summed E-state index contributed by atoms with van der Waals surface area (Å²) in [6, 6.07) is 24.6. The molecule has 1 atom stereocenters. The van der Waals surface area contributed by atoms with E-state index in [9.17, 15) is 4.79 Å². The van der Waals surface area contributed by atoms with Crippen LogP contribution in [0.4, 0.5) is 5.69 Å². The first-order valence-electron chi connectivity index (χ1n) is 10.7. The molecule has 162 valence electrons. The number of aryl methyl sites for hydroxylation is 3. The van der Waals surface area contributed by atoms with Crippen LogP contribution in [0.15, 0.2) is 72.8 Å². The van der Waals surface area contributed by atoms with Crippen LogP contribution >= 0.6 is 0 Å². The molecule has 3 aromatic rings. The first kappa shape index (κ1) is 22.7. The van der Waals surface area contributed by atoms with Gasteiger partial charge in [0.15, 0.2) is 0 Å². The molecule has 0 unspecified atom stereocenters. The van der Waals surface area contributed by atoms with Crippen LogP contribution < -0.4 is 5.32 Å². The number of nitrogens with zero attached hydrogens (tertiary/aromatic N) is 1. The molecule has 0 bridgehead atoms. The minimum atomic E-state index is -0.126. The Balaban J connectivity index is 1.58. The number of benzene rings is 3. The van der Waals surface area contributed by atoms with Crippen molar-refractivity contribution in [2.75, 3.05) is 32.1 Å². The lowest BCUT2D eigenvalue weighted by Crippen LogP contribution is -2.33. The van der Waals surface area contributed by atoms with Gasteiger partial charge >= 0.3 is 0 Å². The number of ether oxygens (including phenoxy) is 1. The number of rotatable bonds is 9. The molecule has 31 heavy (non-hydrogen) atoms. The number of para-hydroxylation sites is 1. The molecule has 0 aromatic heterocycles. The van der Waals surface area contributed by atoms with Gasteiger partial charge in [0, 0.05) is 12.2 Å². The molecule has 0 radical (unpaired) electrons.